The molecule has 0 aromatic heterocycles. The molecule has 0 saturated carbocycles. The van der Waals surface area contributed by atoms with E-state index in [1.54, 1.807) is 0 Å². The first-order valence-corrected chi connectivity index (χ1v) is 9.51. The van der Waals surface area contributed by atoms with Gasteiger partial charge in [0.05, 0.1) is 18.4 Å². The SMILES string of the molecule is COC(=O)c1ccc(CCCN2Cc3ccccc3Oc3ccccc32)cc1. The fraction of sp³-hybridized carbons (Fsp3) is 0.208. The maximum atomic E-state index is 11.6. The summed E-state index contributed by atoms with van der Waals surface area (Å²) in [5.74, 6) is 1.53. The lowest BCUT2D eigenvalue weighted by atomic mass is 10.1. The van der Waals surface area contributed by atoms with Crippen molar-refractivity contribution in [1.29, 1.82) is 0 Å². The van der Waals surface area contributed by atoms with Crippen LogP contribution in [0.2, 0.25) is 0 Å². The lowest BCUT2D eigenvalue weighted by Gasteiger charge is -2.24. The van der Waals surface area contributed by atoms with Crippen molar-refractivity contribution in [3.8, 4) is 11.5 Å². The largest absolute Gasteiger partial charge is 0.465 e. The number of methoxy groups -OCH3 is 1. The first-order chi connectivity index (χ1) is 13.7. The van der Waals surface area contributed by atoms with Crippen molar-refractivity contribution in [3.63, 3.8) is 0 Å². The van der Waals surface area contributed by atoms with E-state index in [1.807, 2.05) is 48.5 Å². The summed E-state index contributed by atoms with van der Waals surface area (Å²) in [5.41, 5.74) is 4.12. The van der Waals surface area contributed by atoms with E-state index in [0.717, 1.165) is 43.1 Å². The van der Waals surface area contributed by atoms with Gasteiger partial charge in [0.25, 0.3) is 0 Å². The molecule has 0 amide bonds. The van der Waals surface area contributed by atoms with E-state index < -0.39 is 0 Å². The van der Waals surface area contributed by atoms with Crippen molar-refractivity contribution >= 4 is 11.7 Å². The highest BCUT2D eigenvalue weighted by molar-refractivity contribution is 5.89. The lowest BCUT2D eigenvalue weighted by molar-refractivity contribution is 0.0600. The van der Waals surface area contributed by atoms with Crippen molar-refractivity contribution in [1.82, 2.24) is 0 Å². The van der Waals surface area contributed by atoms with Gasteiger partial charge in [0.2, 0.25) is 0 Å². The van der Waals surface area contributed by atoms with Gasteiger partial charge < -0.3 is 14.4 Å². The standard InChI is InChI=1S/C24H23NO3/c1-27-24(26)19-14-12-18(13-15-19)7-6-16-25-17-20-8-2-4-10-22(20)28-23-11-5-3-9-21(23)25/h2-5,8-15H,6-7,16-17H2,1H3. The molecule has 4 heteroatoms. The molecule has 4 rings (SSSR count). The third kappa shape index (κ3) is 3.86. The summed E-state index contributed by atoms with van der Waals surface area (Å²) in [6.07, 6.45) is 1.96. The number of hydrogen-bond acceptors (Lipinski definition) is 4. The van der Waals surface area contributed by atoms with Crippen LogP contribution in [0.1, 0.15) is 27.9 Å². The Morgan fingerprint density at radius 1 is 0.964 bits per heavy atom. The monoisotopic (exact) mass is 373 g/mol. The van der Waals surface area contributed by atoms with Crippen LogP contribution in [0.4, 0.5) is 5.69 Å². The second-order valence-electron chi connectivity index (χ2n) is 6.89. The van der Waals surface area contributed by atoms with Crippen molar-refractivity contribution in [2.45, 2.75) is 19.4 Å². The van der Waals surface area contributed by atoms with E-state index in [0.29, 0.717) is 5.56 Å². The Hall–Kier alpha value is -3.27. The van der Waals surface area contributed by atoms with Gasteiger partial charge in [0, 0.05) is 18.7 Å². The summed E-state index contributed by atoms with van der Waals surface area (Å²) >= 11 is 0. The van der Waals surface area contributed by atoms with Crippen LogP contribution < -0.4 is 9.64 Å². The Morgan fingerprint density at radius 2 is 1.68 bits per heavy atom. The molecule has 0 atom stereocenters. The zero-order valence-electron chi connectivity index (χ0n) is 15.9. The molecule has 1 aliphatic rings. The second kappa shape index (κ2) is 8.17. The van der Waals surface area contributed by atoms with Crippen LogP contribution in [-0.4, -0.2) is 19.6 Å². The molecule has 0 N–H and O–H groups in total. The van der Waals surface area contributed by atoms with E-state index in [9.17, 15) is 4.79 Å². The Kier molecular flexibility index (Phi) is 5.29. The number of ether oxygens (including phenoxy) is 2. The molecule has 0 bridgehead atoms. The van der Waals surface area contributed by atoms with Crippen molar-refractivity contribution < 1.29 is 14.3 Å². The van der Waals surface area contributed by atoms with Crippen LogP contribution in [0.3, 0.4) is 0 Å². The zero-order valence-corrected chi connectivity index (χ0v) is 15.9. The minimum atomic E-state index is -0.300. The predicted molar refractivity (Wildman–Crippen MR) is 110 cm³/mol. The van der Waals surface area contributed by atoms with Gasteiger partial charge in [-0.15, -0.1) is 0 Å². The molecule has 0 aliphatic carbocycles. The number of anilines is 1. The maximum Gasteiger partial charge on any atom is 0.337 e. The van der Waals surface area contributed by atoms with E-state index in [4.69, 9.17) is 9.47 Å². The Morgan fingerprint density at radius 3 is 2.46 bits per heavy atom. The molecular formula is C24H23NO3. The number of fused-ring (bicyclic) bond motifs is 2. The number of hydrogen-bond donors (Lipinski definition) is 0. The average Bonchev–Trinajstić information content (AvgIpc) is 2.90. The first kappa shape index (κ1) is 18.1. The number of carbonyl (C=O) groups is 1. The summed E-state index contributed by atoms with van der Waals surface area (Å²) < 4.78 is 10.9. The summed E-state index contributed by atoms with van der Waals surface area (Å²) in [7, 11) is 1.40. The van der Waals surface area contributed by atoms with Gasteiger partial charge in [-0.2, -0.15) is 0 Å². The molecule has 4 nitrogen and oxygen atoms in total. The van der Waals surface area contributed by atoms with Gasteiger partial charge >= 0.3 is 5.97 Å². The number of aryl methyl sites for hydroxylation is 1. The molecule has 1 aliphatic heterocycles. The molecule has 1 heterocycles. The Balaban J connectivity index is 1.46. The summed E-state index contributed by atoms with van der Waals surface area (Å²) in [6.45, 7) is 1.75. The highest BCUT2D eigenvalue weighted by Gasteiger charge is 2.19. The summed E-state index contributed by atoms with van der Waals surface area (Å²) in [4.78, 5) is 13.9. The number of esters is 1. The van der Waals surface area contributed by atoms with E-state index in [-0.39, 0.29) is 5.97 Å². The smallest absolute Gasteiger partial charge is 0.337 e. The topological polar surface area (TPSA) is 38.8 Å². The van der Waals surface area contributed by atoms with Crippen LogP contribution in [-0.2, 0) is 17.7 Å². The molecular weight excluding hydrogens is 350 g/mol. The van der Waals surface area contributed by atoms with Gasteiger partial charge in [0.15, 0.2) is 5.75 Å². The zero-order chi connectivity index (χ0) is 19.3. The lowest BCUT2D eigenvalue weighted by Crippen LogP contribution is -2.23. The number of para-hydroxylation sites is 3. The molecule has 3 aromatic carbocycles. The number of rotatable bonds is 5. The normalized spacial score (nSPS) is 12.4. The van der Waals surface area contributed by atoms with Gasteiger partial charge in [-0.3, -0.25) is 0 Å². The fourth-order valence-corrected chi connectivity index (χ4v) is 3.55. The molecule has 0 saturated heterocycles. The molecule has 0 radical (unpaired) electrons. The summed E-state index contributed by atoms with van der Waals surface area (Å²) in [5, 5.41) is 0. The van der Waals surface area contributed by atoms with Gasteiger partial charge in [-0.25, -0.2) is 4.79 Å². The first-order valence-electron chi connectivity index (χ1n) is 9.51. The van der Waals surface area contributed by atoms with Gasteiger partial charge in [-0.05, 0) is 48.7 Å². The molecule has 3 aromatic rings. The van der Waals surface area contributed by atoms with Crippen LogP contribution in [0.15, 0.2) is 72.8 Å². The third-order valence-electron chi connectivity index (χ3n) is 5.03. The Labute approximate surface area is 165 Å². The number of carbonyl (C=O) groups excluding carboxylic acids is 1. The molecule has 142 valence electrons. The molecule has 0 spiro atoms. The van der Waals surface area contributed by atoms with Crippen LogP contribution in [0.5, 0.6) is 11.5 Å². The van der Waals surface area contributed by atoms with E-state index in [1.165, 1.54) is 18.2 Å². The number of nitrogens with zero attached hydrogens (tertiary/aromatic N) is 1. The minimum Gasteiger partial charge on any atom is -0.465 e. The quantitative estimate of drug-likeness (QED) is 0.575. The van der Waals surface area contributed by atoms with Gasteiger partial charge in [-0.1, -0.05) is 42.5 Å². The van der Waals surface area contributed by atoms with Crippen molar-refractivity contribution in [2.24, 2.45) is 0 Å². The highest BCUT2D eigenvalue weighted by atomic mass is 16.5. The van der Waals surface area contributed by atoms with Crippen LogP contribution in [0, 0.1) is 0 Å². The Bertz CT molecular complexity index is 966. The minimum absolute atomic E-state index is 0.300. The van der Waals surface area contributed by atoms with Gasteiger partial charge in [0.1, 0.15) is 5.75 Å². The predicted octanol–water partition coefficient (Wildman–Crippen LogP) is 5.22. The molecule has 28 heavy (non-hydrogen) atoms. The average molecular weight is 373 g/mol. The van der Waals surface area contributed by atoms with Crippen LogP contribution in [0.25, 0.3) is 0 Å². The van der Waals surface area contributed by atoms with E-state index >= 15 is 0 Å². The fourth-order valence-electron chi connectivity index (χ4n) is 3.55. The molecule has 0 unspecified atom stereocenters. The second-order valence-corrected chi connectivity index (χ2v) is 6.89. The van der Waals surface area contributed by atoms with E-state index in [2.05, 4.69) is 29.2 Å². The highest BCUT2D eigenvalue weighted by Crippen LogP contribution is 2.38. The maximum absolute atomic E-state index is 11.6. The van der Waals surface area contributed by atoms with Crippen LogP contribution >= 0.6 is 0 Å². The third-order valence-corrected chi connectivity index (χ3v) is 5.03. The number of benzene rings is 3. The van der Waals surface area contributed by atoms with Crippen molar-refractivity contribution in [2.75, 3.05) is 18.6 Å². The van der Waals surface area contributed by atoms with Crippen molar-refractivity contribution in [3.05, 3.63) is 89.5 Å². The summed E-state index contributed by atoms with van der Waals surface area (Å²) in [6, 6.07) is 24.1. The molecule has 0 fully saturated rings.